The fraction of sp³-hybridized carbons (Fsp3) is 0.688. The second-order valence-electron chi connectivity index (χ2n) is 5.91. The van der Waals surface area contributed by atoms with Crippen LogP contribution < -0.4 is 4.90 Å². The fourth-order valence-electron chi connectivity index (χ4n) is 2.58. The second-order valence-corrected chi connectivity index (χ2v) is 6.17. The maximum atomic E-state index is 6.04. The van der Waals surface area contributed by atoms with Gasteiger partial charge in [0.15, 0.2) is 0 Å². The Morgan fingerprint density at radius 2 is 2.20 bits per heavy atom. The quantitative estimate of drug-likeness (QED) is 0.787. The highest BCUT2D eigenvalue weighted by molar-refractivity contribution is 6.17. The van der Waals surface area contributed by atoms with Gasteiger partial charge in [-0.05, 0) is 37.0 Å². The molecule has 1 fully saturated rings. The highest BCUT2D eigenvalue weighted by atomic mass is 35.5. The van der Waals surface area contributed by atoms with Gasteiger partial charge in [-0.3, -0.25) is 0 Å². The van der Waals surface area contributed by atoms with Crippen LogP contribution in [0, 0.1) is 0 Å². The predicted molar refractivity (Wildman–Crippen MR) is 84.7 cm³/mol. The number of anilines is 1. The maximum Gasteiger partial charge on any atom is 0.129 e. The summed E-state index contributed by atoms with van der Waals surface area (Å²) in [5.41, 5.74) is 2.27. The summed E-state index contributed by atoms with van der Waals surface area (Å²) in [5, 5.41) is 0. The van der Waals surface area contributed by atoms with E-state index in [1.807, 2.05) is 0 Å². The summed E-state index contributed by atoms with van der Waals surface area (Å²) in [6.07, 6.45) is 1.32. The van der Waals surface area contributed by atoms with E-state index in [1.165, 1.54) is 0 Å². The average Bonchev–Trinajstić information content (AvgIpc) is 2.46. The van der Waals surface area contributed by atoms with Crippen LogP contribution in [0.4, 0.5) is 5.82 Å². The average molecular weight is 297 g/mol. The number of morpholine rings is 1. The lowest BCUT2D eigenvalue weighted by molar-refractivity contribution is 0.0296. The summed E-state index contributed by atoms with van der Waals surface area (Å²) in [6.45, 7) is 10.3. The SMILES string of the molecule is CCC1COC(C)CN1c1cc(CCl)cc(C(C)C)n1. The molecule has 1 aliphatic heterocycles. The molecule has 0 amide bonds. The van der Waals surface area contributed by atoms with Crippen molar-refractivity contribution >= 4 is 17.4 Å². The summed E-state index contributed by atoms with van der Waals surface area (Å²) in [5.74, 6) is 2.00. The van der Waals surface area contributed by atoms with E-state index in [4.69, 9.17) is 21.3 Å². The molecule has 2 heterocycles. The van der Waals surface area contributed by atoms with E-state index >= 15 is 0 Å². The van der Waals surface area contributed by atoms with Crippen molar-refractivity contribution < 1.29 is 4.74 Å². The summed E-state index contributed by atoms with van der Waals surface area (Å²) in [6, 6.07) is 4.65. The number of hydrogen-bond acceptors (Lipinski definition) is 3. The van der Waals surface area contributed by atoms with Gasteiger partial charge in [-0.15, -0.1) is 11.6 Å². The van der Waals surface area contributed by atoms with Crippen molar-refractivity contribution in [3.8, 4) is 0 Å². The molecule has 1 aromatic heterocycles. The van der Waals surface area contributed by atoms with E-state index < -0.39 is 0 Å². The highest BCUT2D eigenvalue weighted by Crippen LogP contribution is 2.26. The zero-order valence-corrected chi connectivity index (χ0v) is 13.7. The first-order chi connectivity index (χ1) is 9.55. The molecule has 0 spiro atoms. The molecule has 1 saturated heterocycles. The number of halogens is 1. The zero-order valence-electron chi connectivity index (χ0n) is 12.9. The minimum absolute atomic E-state index is 0.252. The van der Waals surface area contributed by atoms with Gasteiger partial charge in [0.2, 0.25) is 0 Å². The van der Waals surface area contributed by atoms with Crippen molar-refractivity contribution in [3.63, 3.8) is 0 Å². The van der Waals surface area contributed by atoms with Gasteiger partial charge in [-0.2, -0.15) is 0 Å². The predicted octanol–water partition coefficient (Wildman–Crippen LogP) is 3.95. The van der Waals surface area contributed by atoms with Crippen molar-refractivity contribution in [1.29, 1.82) is 0 Å². The molecule has 2 atom stereocenters. The van der Waals surface area contributed by atoms with Gasteiger partial charge >= 0.3 is 0 Å². The standard InChI is InChI=1S/C16H25ClN2O/c1-5-14-10-20-12(4)9-19(14)16-7-13(8-17)6-15(18-16)11(2)3/h6-7,11-12,14H,5,8-10H2,1-4H3. The van der Waals surface area contributed by atoms with Crippen molar-refractivity contribution in [1.82, 2.24) is 4.98 Å². The molecule has 0 aromatic carbocycles. The first-order valence-electron chi connectivity index (χ1n) is 7.50. The van der Waals surface area contributed by atoms with Crippen molar-refractivity contribution in [2.24, 2.45) is 0 Å². The molecule has 112 valence electrons. The minimum Gasteiger partial charge on any atom is -0.375 e. The monoisotopic (exact) mass is 296 g/mol. The molecule has 0 radical (unpaired) electrons. The molecular weight excluding hydrogens is 272 g/mol. The lowest BCUT2D eigenvalue weighted by Gasteiger charge is -2.39. The van der Waals surface area contributed by atoms with Gasteiger partial charge in [-0.25, -0.2) is 4.98 Å². The first-order valence-corrected chi connectivity index (χ1v) is 8.03. The van der Waals surface area contributed by atoms with Crippen LogP contribution in [0.25, 0.3) is 0 Å². The molecule has 1 aliphatic rings. The van der Waals surface area contributed by atoms with Gasteiger partial charge in [0.25, 0.3) is 0 Å². The number of aromatic nitrogens is 1. The van der Waals surface area contributed by atoms with E-state index in [0.717, 1.165) is 36.6 Å². The highest BCUT2D eigenvalue weighted by Gasteiger charge is 2.27. The van der Waals surface area contributed by atoms with Crippen LogP contribution >= 0.6 is 11.6 Å². The lowest BCUT2D eigenvalue weighted by atomic mass is 10.1. The van der Waals surface area contributed by atoms with Crippen LogP contribution in [-0.4, -0.2) is 30.3 Å². The van der Waals surface area contributed by atoms with E-state index in [-0.39, 0.29) is 6.10 Å². The van der Waals surface area contributed by atoms with Gasteiger partial charge < -0.3 is 9.64 Å². The van der Waals surface area contributed by atoms with E-state index in [9.17, 15) is 0 Å². The molecule has 20 heavy (non-hydrogen) atoms. The Labute approximate surface area is 127 Å². The van der Waals surface area contributed by atoms with Crippen LogP contribution in [0.2, 0.25) is 0 Å². The molecule has 0 aliphatic carbocycles. The number of alkyl halides is 1. The van der Waals surface area contributed by atoms with E-state index in [2.05, 4.69) is 44.7 Å². The first kappa shape index (κ1) is 15.6. The normalized spacial score (nSPS) is 23.4. The topological polar surface area (TPSA) is 25.4 Å². The van der Waals surface area contributed by atoms with Crippen LogP contribution in [-0.2, 0) is 10.6 Å². The Morgan fingerprint density at radius 1 is 1.45 bits per heavy atom. The summed E-state index contributed by atoms with van der Waals surface area (Å²) in [7, 11) is 0. The number of ether oxygens (including phenoxy) is 1. The Hall–Kier alpha value is -0.800. The number of rotatable bonds is 4. The van der Waals surface area contributed by atoms with Crippen LogP contribution in [0.3, 0.4) is 0 Å². The van der Waals surface area contributed by atoms with Crippen molar-refractivity contribution in [2.45, 2.75) is 58.1 Å². The fourth-order valence-corrected chi connectivity index (χ4v) is 2.73. The van der Waals surface area contributed by atoms with Crippen LogP contribution in [0.1, 0.15) is 51.3 Å². The van der Waals surface area contributed by atoms with Crippen molar-refractivity contribution in [3.05, 3.63) is 23.4 Å². The molecule has 0 N–H and O–H groups in total. The second kappa shape index (κ2) is 6.77. The Bertz CT molecular complexity index is 450. The third-order valence-electron chi connectivity index (χ3n) is 3.87. The number of nitrogens with zero attached hydrogens (tertiary/aromatic N) is 2. The Morgan fingerprint density at radius 3 is 2.80 bits per heavy atom. The smallest absolute Gasteiger partial charge is 0.129 e. The van der Waals surface area contributed by atoms with Crippen LogP contribution in [0.5, 0.6) is 0 Å². The van der Waals surface area contributed by atoms with Gasteiger partial charge in [0.05, 0.1) is 18.8 Å². The molecule has 2 unspecified atom stereocenters. The number of pyridine rings is 1. The zero-order chi connectivity index (χ0) is 14.7. The third kappa shape index (κ3) is 3.44. The number of hydrogen-bond donors (Lipinski definition) is 0. The summed E-state index contributed by atoms with van der Waals surface area (Å²) < 4.78 is 5.77. The van der Waals surface area contributed by atoms with Gasteiger partial charge in [-0.1, -0.05) is 20.8 Å². The van der Waals surface area contributed by atoms with E-state index in [1.54, 1.807) is 0 Å². The summed E-state index contributed by atoms with van der Waals surface area (Å²) in [4.78, 5) is 7.23. The van der Waals surface area contributed by atoms with E-state index in [0.29, 0.717) is 17.8 Å². The molecule has 4 heteroatoms. The Kier molecular flexibility index (Phi) is 5.28. The minimum atomic E-state index is 0.252. The molecule has 0 bridgehead atoms. The van der Waals surface area contributed by atoms with Crippen LogP contribution in [0.15, 0.2) is 12.1 Å². The molecule has 2 rings (SSSR count). The molecule has 0 saturated carbocycles. The lowest BCUT2D eigenvalue weighted by Crippen LogP contribution is -2.49. The van der Waals surface area contributed by atoms with Gasteiger partial charge in [0, 0.05) is 18.1 Å². The molecule has 3 nitrogen and oxygen atoms in total. The van der Waals surface area contributed by atoms with Gasteiger partial charge in [0.1, 0.15) is 5.82 Å². The molecular formula is C16H25ClN2O. The maximum absolute atomic E-state index is 6.04. The Balaban J connectivity index is 2.35. The largest absolute Gasteiger partial charge is 0.375 e. The summed E-state index contributed by atoms with van der Waals surface area (Å²) >= 11 is 6.04. The molecule has 1 aromatic rings. The third-order valence-corrected chi connectivity index (χ3v) is 4.18. The van der Waals surface area contributed by atoms with Crippen molar-refractivity contribution in [2.75, 3.05) is 18.1 Å².